The van der Waals surface area contributed by atoms with Gasteiger partial charge in [-0.2, -0.15) is 0 Å². The predicted octanol–water partition coefficient (Wildman–Crippen LogP) is 1.97. The van der Waals surface area contributed by atoms with Gasteiger partial charge in [0.15, 0.2) is 0 Å². The first-order chi connectivity index (χ1) is 4.72. The van der Waals surface area contributed by atoms with Crippen LogP contribution < -0.4 is 5.73 Å². The lowest BCUT2D eigenvalue weighted by molar-refractivity contribution is 0.106. The lowest BCUT2D eigenvalue weighted by atomic mass is 10.2. The van der Waals surface area contributed by atoms with E-state index in [2.05, 4.69) is 4.42 Å². The van der Waals surface area contributed by atoms with Gasteiger partial charge in [0.1, 0.15) is 11.8 Å². The van der Waals surface area contributed by atoms with Crippen molar-refractivity contribution >= 4 is 12.4 Å². The average Bonchev–Trinajstić information content (AvgIpc) is 2.36. The largest absolute Gasteiger partial charge is 0.467 e. The summed E-state index contributed by atoms with van der Waals surface area (Å²) in [6.07, 6.45) is -1.25. The fourth-order valence-corrected chi connectivity index (χ4v) is 0.605. The summed E-state index contributed by atoms with van der Waals surface area (Å²) < 4.78 is 28.3. The average molecular weight is 184 g/mol. The minimum absolute atomic E-state index is 0. The normalized spacial score (nSPS) is 12.7. The molecule has 0 amide bonds. The van der Waals surface area contributed by atoms with Crippen LogP contribution in [0.2, 0.25) is 0 Å². The molecule has 2 nitrogen and oxygen atoms in total. The van der Waals surface area contributed by atoms with Crippen molar-refractivity contribution in [2.24, 2.45) is 5.73 Å². The second kappa shape index (κ2) is 4.31. The molecule has 5 heteroatoms. The molecular weight excluding hydrogens is 176 g/mol. The van der Waals surface area contributed by atoms with Gasteiger partial charge in [-0.15, -0.1) is 12.4 Å². The Morgan fingerprint density at radius 1 is 1.45 bits per heavy atom. The van der Waals surface area contributed by atoms with E-state index < -0.39 is 12.5 Å². The fraction of sp³-hybridized carbons (Fsp3) is 0.333. The van der Waals surface area contributed by atoms with Crippen LogP contribution in [0.15, 0.2) is 22.8 Å². The Labute approximate surface area is 68.8 Å². The zero-order valence-electron chi connectivity index (χ0n) is 5.54. The molecule has 0 unspecified atom stereocenters. The highest BCUT2D eigenvalue weighted by molar-refractivity contribution is 5.85. The molecule has 0 aliphatic heterocycles. The first-order valence-corrected chi connectivity index (χ1v) is 2.79. The van der Waals surface area contributed by atoms with Crippen LogP contribution in [0.5, 0.6) is 0 Å². The van der Waals surface area contributed by atoms with Gasteiger partial charge >= 0.3 is 0 Å². The third-order valence-corrected chi connectivity index (χ3v) is 1.14. The van der Waals surface area contributed by atoms with Gasteiger partial charge in [-0.05, 0) is 12.1 Å². The number of rotatable bonds is 2. The molecule has 0 saturated heterocycles. The van der Waals surface area contributed by atoms with Crippen molar-refractivity contribution in [2.45, 2.75) is 12.5 Å². The molecule has 0 fully saturated rings. The SMILES string of the molecule is Cl.N[C@@H](c1ccco1)C(F)F. The molecular formula is C6H8ClF2NO. The van der Waals surface area contributed by atoms with Gasteiger partial charge in [-0.1, -0.05) is 0 Å². The summed E-state index contributed by atoms with van der Waals surface area (Å²) in [4.78, 5) is 0. The zero-order chi connectivity index (χ0) is 7.56. The number of hydrogen-bond donors (Lipinski definition) is 1. The second-order valence-electron chi connectivity index (χ2n) is 1.88. The van der Waals surface area contributed by atoms with Gasteiger partial charge in [-0.3, -0.25) is 0 Å². The summed E-state index contributed by atoms with van der Waals surface area (Å²) >= 11 is 0. The Morgan fingerprint density at radius 3 is 2.45 bits per heavy atom. The van der Waals surface area contributed by atoms with Crippen molar-refractivity contribution in [1.29, 1.82) is 0 Å². The van der Waals surface area contributed by atoms with Gasteiger partial charge in [0.05, 0.1) is 6.26 Å². The van der Waals surface area contributed by atoms with Crippen LogP contribution in [0.3, 0.4) is 0 Å². The van der Waals surface area contributed by atoms with Gasteiger partial charge in [0, 0.05) is 0 Å². The van der Waals surface area contributed by atoms with Crippen molar-refractivity contribution in [3.8, 4) is 0 Å². The molecule has 11 heavy (non-hydrogen) atoms. The molecule has 1 aromatic heterocycles. The maximum absolute atomic E-state index is 11.8. The van der Waals surface area contributed by atoms with E-state index in [4.69, 9.17) is 5.73 Å². The molecule has 2 N–H and O–H groups in total. The van der Waals surface area contributed by atoms with Gasteiger partial charge in [-0.25, -0.2) is 8.78 Å². The van der Waals surface area contributed by atoms with Crippen molar-refractivity contribution in [3.05, 3.63) is 24.2 Å². The highest BCUT2D eigenvalue weighted by Gasteiger charge is 2.19. The molecule has 64 valence electrons. The molecule has 1 aromatic rings. The lowest BCUT2D eigenvalue weighted by Gasteiger charge is -2.04. The number of halogens is 3. The molecule has 0 aliphatic rings. The van der Waals surface area contributed by atoms with Crippen LogP contribution >= 0.6 is 12.4 Å². The third-order valence-electron chi connectivity index (χ3n) is 1.14. The minimum atomic E-state index is -2.56. The molecule has 0 bridgehead atoms. The van der Waals surface area contributed by atoms with E-state index in [0.717, 1.165) is 0 Å². The number of alkyl halides is 2. The van der Waals surface area contributed by atoms with E-state index in [1.807, 2.05) is 0 Å². The van der Waals surface area contributed by atoms with E-state index in [1.165, 1.54) is 18.4 Å². The van der Waals surface area contributed by atoms with Crippen LogP contribution in [-0.4, -0.2) is 6.43 Å². The van der Waals surface area contributed by atoms with Crippen LogP contribution in [0.25, 0.3) is 0 Å². The smallest absolute Gasteiger partial charge is 0.260 e. The molecule has 0 aliphatic carbocycles. The molecule has 0 saturated carbocycles. The third kappa shape index (κ3) is 2.48. The molecule has 1 heterocycles. The Balaban J connectivity index is 0.000001000. The number of nitrogens with two attached hydrogens (primary N) is 1. The van der Waals surface area contributed by atoms with E-state index in [-0.39, 0.29) is 18.2 Å². The predicted molar refractivity (Wildman–Crippen MR) is 38.9 cm³/mol. The van der Waals surface area contributed by atoms with Crippen molar-refractivity contribution in [1.82, 2.24) is 0 Å². The Morgan fingerprint density at radius 2 is 2.09 bits per heavy atom. The molecule has 1 rings (SSSR count). The van der Waals surface area contributed by atoms with Gasteiger partial charge in [0.25, 0.3) is 6.43 Å². The van der Waals surface area contributed by atoms with Crippen molar-refractivity contribution in [2.75, 3.05) is 0 Å². The van der Waals surface area contributed by atoms with Gasteiger partial charge in [0.2, 0.25) is 0 Å². The van der Waals surface area contributed by atoms with Crippen LogP contribution in [0.4, 0.5) is 8.78 Å². The van der Waals surface area contributed by atoms with Crippen LogP contribution in [0, 0.1) is 0 Å². The van der Waals surface area contributed by atoms with E-state index in [1.54, 1.807) is 0 Å². The molecule has 1 atom stereocenters. The zero-order valence-corrected chi connectivity index (χ0v) is 6.35. The highest BCUT2D eigenvalue weighted by atomic mass is 35.5. The second-order valence-corrected chi connectivity index (χ2v) is 1.88. The molecule has 0 spiro atoms. The summed E-state index contributed by atoms with van der Waals surface area (Å²) in [6.45, 7) is 0. The fourth-order valence-electron chi connectivity index (χ4n) is 0.605. The van der Waals surface area contributed by atoms with E-state index >= 15 is 0 Å². The maximum Gasteiger partial charge on any atom is 0.260 e. The Hall–Kier alpha value is -0.610. The highest BCUT2D eigenvalue weighted by Crippen LogP contribution is 2.17. The first kappa shape index (κ1) is 10.4. The number of hydrogen-bond acceptors (Lipinski definition) is 2. The summed E-state index contributed by atoms with van der Waals surface area (Å²) in [5, 5.41) is 0. The van der Waals surface area contributed by atoms with Crippen LogP contribution in [-0.2, 0) is 0 Å². The topological polar surface area (TPSA) is 39.2 Å². The van der Waals surface area contributed by atoms with Crippen LogP contribution in [0.1, 0.15) is 11.8 Å². The summed E-state index contributed by atoms with van der Waals surface area (Å²) in [6, 6.07) is 1.66. The summed E-state index contributed by atoms with van der Waals surface area (Å²) in [5.74, 6) is 0.120. The first-order valence-electron chi connectivity index (χ1n) is 2.79. The van der Waals surface area contributed by atoms with Crippen molar-refractivity contribution < 1.29 is 13.2 Å². The minimum Gasteiger partial charge on any atom is -0.467 e. The summed E-state index contributed by atoms with van der Waals surface area (Å²) in [7, 11) is 0. The maximum atomic E-state index is 11.8. The lowest BCUT2D eigenvalue weighted by Crippen LogP contribution is -2.17. The molecule has 0 aromatic carbocycles. The molecule has 0 radical (unpaired) electrons. The summed E-state index contributed by atoms with van der Waals surface area (Å²) in [5.41, 5.74) is 5.04. The van der Waals surface area contributed by atoms with Crippen molar-refractivity contribution in [3.63, 3.8) is 0 Å². The number of furan rings is 1. The standard InChI is InChI=1S/C6H7F2NO.ClH/c7-6(8)5(9)4-2-1-3-10-4;/h1-3,5-6H,9H2;1H/t5-;/m0./s1. The Kier molecular flexibility index (Phi) is 4.07. The Bertz CT molecular complexity index is 190. The quantitative estimate of drug-likeness (QED) is 0.762. The van der Waals surface area contributed by atoms with E-state index in [0.29, 0.717) is 0 Å². The monoisotopic (exact) mass is 183 g/mol. The van der Waals surface area contributed by atoms with E-state index in [9.17, 15) is 8.78 Å². The van der Waals surface area contributed by atoms with Gasteiger partial charge < -0.3 is 10.2 Å².